The van der Waals surface area contributed by atoms with Crippen molar-refractivity contribution in [2.24, 2.45) is 5.73 Å². The van der Waals surface area contributed by atoms with Gasteiger partial charge in [0.1, 0.15) is 6.04 Å². The Morgan fingerprint density at radius 1 is 1.21 bits per heavy atom. The number of hydrogen-bond acceptors (Lipinski definition) is 1. The summed E-state index contributed by atoms with van der Waals surface area (Å²) in [5, 5.41) is 0. The molecule has 78 valence electrons. The topological polar surface area (TPSA) is 26.0 Å². The summed E-state index contributed by atoms with van der Waals surface area (Å²) in [5.74, 6) is 0. The summed E-state index contributed by atoms with van der Waals surface area (Å²) in [7, 11) is 0. The van der Waals surface area contributed by atoms with Crippen LogP contribution in [-0.4, -0.2) is 6.18 Å². The maximum Gasteiger partial charge on any atom is 0.407 e. The first-order valence-corrected chi connectivity index (χ1v) is 4.36. The van der Waals surface area contributed by atoms with Crippen molar-refractivity contribution in [3.05, 3.63) is 35.4 Å². The molecule has 0 bridgehead atoms. The number of benzene rings is 1. The monoisotopic (exact) mass is 203 g/mol. The average Bonchev–Trinajstić information content (AvgIpc) is 2.15. The summed E-state index contributed by atoms with van der Waals surface area (Å²) in [5.41, 5.74) is 6.15. The van der Waals surface area contributed by atoms with E-state index in [2.05, 4.69) is 0 Å². The van der Waals surface area contributed by atoms with Crippen LogP contribution in [0, 0.1) is 0 Å². The molecule has 0 radical (unpaired) electrons. The molecular formula is C10H12F3N. The molecule has 0 saturated heterocycles. The molecule has 0 aliphatic rings. The summed E-state index contributed by atoms with van der Waals surface area (Å²) < 4.78 is 36.6. The quantitative estimate of drug-likeness (QED) is 0.785. The Morgan fingerprint density at radius 3 is 2.07 bits per heavy atom. The Labute approximate surface area is 80.7 Å². The van der Waals surface area contributed by atoms with Crippen molar-refractivity contribution in [2.45, 2.75) is 25.6 Å². The number of hydrogen-bond donors (Lipinski definition) is 1. The maximum atomic E-state index is 12.2. The van der Waals surface area contributed by atoms with E-state index in [1.165, 1.54) is 12.1 Å². The second-order valence-electron chi connectivity index (χ2n) is 3.11. The molecule has 1 aromatic rings. The third-order valence-electron chi connectivity index (χ3n) is 2.10. The zero-order chi connectivity index (χ0) is 10.8. The van der Waals surface area contributed by atoms with E-state index in [0.717, 1.165) is 12.0 Å². The molecule has 14 heavy (non-hydrogen) atoms. The van der Waals surface area contributed by atoms with Gasteiger partial charge in [0.05, 0.1) is 0 Å². The lowest BCUT2D eigenvalue weighted by Crippen LogP contribution is -2.28. The van der Waals surface area contributed by atoms with Crippen molar-refractivity contribution in [1.82, 2.24) is 0 Å². The van der Waals surface area contributed by atoms with Crippen molar-refractivity contribution in [1.29, 1.82) is 0 Å². The third-order valence-corrected chi connectivity index (χ3v) is 2.10. The predicted molar refractivity (Wildman–Crippen MR) is 48.8 cm³/mol. The normalized spacial score (nSPS) is 14.1. The molecule has 0 amide bonds. The Hall–Kier alpha value is -1.03. The molecule has 1 aromatic carbocycles. The van der Waals surface area contributed by atoms with Gasteiger partial charge in [0.15, 0.2) is 0 Å². The third kappa shape index (κ3) is 2.48. The Morgan fingerprint density at radius 2 is 1.71 bits per heavy atom. The van der Waals surface area contributed by atoms with E-state index in [1.54, 1.807) is 12.1 Å². The minimum Gasteiger partial charge on any atom is -0.316 e. The van der Waals surface area contributed by atoms with Crippen LogP contribution in [0.3, 0.4) is 0 Å². The van der Waals surface area contributed by atoms with E-state index in [4.69, 9.17) is 5.73 Å². The van der Waals surface area contributed by atoms with Gasteiger partial charge in [-0.05, 0) is 17.5 Å². The molecule has 0 spiro atoms. The molecule has 1 atom stereocenters. The van der Waals surface area contributed by atoms with Crippen molar-refractivity contribution < 1.29 is 13.2 Å². The zero-order valence-electron chi connectivity index (χ0n) is 7.81. The Bertz CT molecular complexity index is 289. The second kappa shape index (κ2) is 4.00. The number of aryl methyl sites for hydroxylation is 1. The standard InChI is InChI=1S/C10H12F3N/c1-2-7-3-5-8(6-4-7)9(14)10(11,12)13/h3-6,9H,2,14H2,1H3/t9-/m1/s1. The highest BCUT2D eigenvalue weighted by molar-refractivity contribution is 5.25. The highest BCUT2D eigenvalue weighted by Gasteiger charge is 2.37. The van der Waals surface area contributed by atoms with Crippen LogP contribution in [0.4, 0.5) is 13.2 Å². The van der Waals surface area contributed by atoms with Gasteiger partial charge in [-0.2, -0.15) is 13.2 Å². The van der Waals surface area contributed by atoms with Crippen LogP contribution in [0.5, 0.6) is 0 Å². The zero-order valence-corrected chi connectivity index (χ0v) is 7.81. The van der Waals surface area contributed by atoms with Gasteiger partial charge in [0.25, 0.3) is 0 Å². The van der Waals surface area contributed by atoms with Crippen molar-refractivity contribution >= 4 is 0 Å². The molecule has 2 N–H and O–H groups in total. The summed E-state index contributed by atoms with van der Waals surface area (Å²) in [6.07, 6.45) is -3.56. The smallest absolute Gasteiger partial charge is 0.316 e. The number of rotatable bonds is 2. The fraction of sp³-hybridized carbons (Fsp3) is 0.400. The molecule has 1 rings (SSSR count). The van der Waals surface area contributed by atoms with Crippen molar-refractivity contribution in [3.8, 4) is 0 Å². The molecule has 0 aliphatic carbocycles. The lowest BCUT2D eigenvalue weighted by Gasteiger charge is -2.15. The first-order chi connectivity index (χ1) is 6.45. The predicted octanol–water partition coefficient (Wildman–Crippen LogP) is 2.81. The van der Waals surface area contributed by atoms with Gasteiger partial charge in [-0.3, -0.25) is 0 Å². The minimum absolute atomic E-state index is 0.106. The van der Waals surface area contributed by atoms with Crippen molar-refractivity contribution in [3.63, 3.8) is 0 Å². The number of nitrogens with two attached hydrogens (primary N) is 1. The Kier molecular flexibility index (Phi) is 3.16. The lowest BCUT2D eigenvalue weighted by molar-refractivity contribution is -0.149. The lowest BCUT2D eigenvalue weighted by atomic mass is 10.0. The van der Waals surface area contributed by atoms with E-state index in [9.17, 15) is 13.2 Å². The average molecular weight is 203 g/mol. The van der Waals surface area contributed by atoms with Gasteiger partial charge in [-0.15, -0.1) is 0 Å². The first kappa shape index (κ1) is 11.0. The fourth-order valence-electron chi connectivity index (χ4n) is 1.15. The fourth-order valence-corrected chi connectivity index (χ4v) is 1.15. The molecule has 0 aliphatic heterocycles. The van der Waals surface area contributed by atoms with Crippen molar-refractivity contribution in [2.75, 3.05) is 0 Å². The van der Waals surface area contributed by atoms with Gasteiger partial charge >= 0.3 is 6.18 Å². The van der Waals surface area contributed by atoms with Crippen LogP contribution >= 0.6 is 0 Å². The highest BCUT2D eigenvalue weighted by atomic mass is 19.4. The Balaban J connectivity index is 2.87. The second-order valence-corrected chi connectivity index (χ2v) is 3.11. The van der Waals surface area contributed by atoms with E-state index in [0.29, 0.717) is 0 Å². The van der Waals surface area contributed by atoms with Crippen LogP contribution < -0.4 is 5.73 Å². The van der Waals surface area contributed by atoms with Gasteiger partial charge in [-0.1, -0.05) is 31.2 Å². The van der Waals surface area contributed by atoms with E-state index in [-0.39, 0.29) is 5.56 Å². The minimum atomic E-state index is -4.37. The van der Waals surface area contributed by atoms with Gasteiger partial charge in [0, 0.05) is 0 Å². The van der Waals surface area contributed by atoms with Crippen LogP contribution in [0.1, 0.15) is 24.1 Å². The molecular weight excluding hydrogens is 191 g/mol. The summed E-state index contributed by atoms with van der Waals surface area (Å²) in [4.78, 5) is 0. The summed E-state index contributed by atoms with van der Waals surface area (Å²) in [6.45, 7) is 1.94. The highest BCUT2D eigenvalue weighted by Crippen LogP contribution is 2.30. The first-order valence-electron chi connectivity index (χ1n) is 4.36. The number of alkyl halides is 3. The van der Waals surface area contributed by atoms with Crippen LogP contribution in [0.2, 0.25) is 0 Å². The van der Waals surface area contributed by atoms with Gasteiger partial charge in [0.2, 0.25) is 0 Å². The largest absolute Gasteiger partial charge is 0.407 e. The summed E-state index contributed by atoms with van der Waals surface area (Å²) in [6, 6.07) is 4.31. The molecule has 4 heteroatoms. The number of halogens is 3. The van der Waals surface area contributed by atoms with Crippen LogP contribution in [0.15, 0.2) is 24.3 Å². The van der Waals surface area contributed by atoms with E-state index in [1.807, 2.05) is 6.92 Å². The van der Waals surface area contributed by atoms with Crippen LogP contribution in [-0.2, 0) is 6.42 Å². The van der Waals surface area contributed by atoms with E-state index >= 15 is 0 Å². The molecule has 0 aromatic heterocycles. The summed E-state index contributed by atoms with van der Waals surface area (Å²) >= 11 is 0. The SMILES string of the molecule is CCc1ccc([C@@H](N)C(F)(F)F)cc1. The van der Waals surface area contributed by atoms with E-state index < -0.39 is 12.2 Å². The van der Waals surface area contributed by atoms with Crippen LogP contribution in [0.25, 0.3) is 0 Å². The molecule has 1 nitrogen and oxygen atoms in total. The molecule has 0 fully saturated rings. The van der Waals surface area contributed by atoms with Gasteiger partial charge in [-0.25, -0.2) is 0 Å². The molecule has 0 unspecified atom stereocenters. The molecule has 0 heterocycles. The van der Waals surface area contributed by atoms with Gasteiger partial charge < -0.3 is 5.73 Å². The molecule has 0 saturated carbocycles. The maximum absolute atomic E-state index is 12.2.